The lowest BCUT2D eigenvalue weighted by Crippen LogP contribution is -2.41. The Morgan fingerprint density at radius 3 is 2.25 bits per heavy atom. The zero-order chi connectivity index (χ0) is 24.2. The van der Waals surface area contributed by atoms with Crippen molar-refractivity contribution in [2.24, 2.45) is 0 Å². The Morgan fingerprint density at radius 1 is 1.09 bits per heavy atom. The predicted octanol–water partition coefficient (Wildman–Crippen LogP) is 4.33. The highest BCUT2D eigenvalue weighted by atomic mass is 16.7. The summed E-state index contributed by atoms with van der Waals surface area (Å²) >= 11 is 0. The van der Waals surface area contributed by atoms with E-state index in [1.165, 1.54) is 7.11 Å². The minimum Gasteiger partial charge on any atom is -0.469 e. The summed E-state index contributed by atoms with van der Waals surface area (Å²) in [6, 6.07) is 7.79. The van der Waals surface area contributed by atoms with Crippen molar-refractivity contribution in [3.05, 3.63) is 40.9 Å². The van der Waals surface area contributed by atoms with Gasteiger partial charge in [-0.05, 0) is 71.5 Å². The minimum absolute atomic E-state index is 0.192. The summed E-state index contributed by atoms with van der Waals surface area (Å²) in [4.78, 5) is 23.9. The Labute approximate surface area is 192 Å². The highest BCUT2D eigenvalue weighted by Gasteiger charge is 2.52. The van der Waals surface area contributed by atoms with Crippen LogP contribution < -0.4 is 5.32 Å². The molecule has 0 aliphatic carbocycles. The van der Waals surface area contributed by atoms with Crippen LogP contribution in [0.3, 0.4) is 0 Å². The number of benzene rings is 1. The van der Waals surface area contributed by atoms with E-state index in [0.717, 1.165) is 16.6 Å². The van der Waals surface area contributed by atoms with E-state index in [2.05, 4.69) is 5.32 Å². The topological polar surface area (TPSA) is 83.1 Å². The van der Waals surface area contributed by atoms with Gasteiger partial charge in [0.1, 0.15) is 5.60 Å². The van der Waals surface area contributed by atoms with Crippen LogP contribution in [0.1, 0.15) is 66.0 Å². The van der Waals surface area contributed by atoms with Crippen LogP contribution in [0.2, 0.25) is 0 Å². The van der Waals surface area contributed by atoms with Gasteiger partial charge in [0.05, 0.1) is 18.3 Å². The molecule has 0 saturated carbocycles. The first-order valence-electron chi connectivity index (χ1n) is 10.9. The van der Waals surface area contributed by atoms with E-state index in [9.17, 15) is 9.59 Å². The summed E-state index contributed by atoms with van der Waals surface area (Å²) in [5.41, 5.74) is 1.02. The lowest BCUT2D eigenvalue weighted by molar-refractivity contribution is -0.140. The van der Waals surface area contributed by atoms with Crippen LogP contribution in [0.5, 0.6) is 0 Å². The largest absolute Gasteiger partial charge is 0.492 e. The van der Waals surface area contributed by atoms with Gasteiger partial charge in [0.15, 0.2) is 0 Å². The number of aryl methyl sites for hydroxylation is 1. The molecule has 0 atom stereocenters. The smallest absolute Gasteiger partial charge is 0.469 e. The minimum atomic E-state index is -0.636. The van der Waals surface area contributed by atoms with Gasteiger partial charge in [-0.15, -0.1) is 0 Å². The standard InChI is InChI=1S/C24H36BNO6/c1-22(2,3)30-21(28)26-16-19(25-31-23(4,5)24(6,7)32-25)15-18-12-10-9-11-17(18)13-14-20(27)29-8/h9-12,15H,13-14,16H2,1-8H3,(H,26,28). The molecule has 0 aromatic heterocycles. The maximum atomic E-state index is 12.3. The Balaban J connectivity index is 2.32. The Bertz CT molecular complexity index is 840. The molecule has 2 rings (SSSR count). The zero-order valence-electron chi connectivity index (χ0n) is 20.5. The molecule has 0 unspecified atom stereocenters. The maximum Gasteiger partial charge on any atom is 0.492 e. The van der Waals surface area contributed by atoms with Crippen molar-refractivity contribution in [1.29, 1.82) is 0 Å². The summed E-state index contributed by atoms with van der Waals surface area (Å²) in [5, 5.41) is 2.81. The second-order valence-corrected chi connectivity index (χ2v) is 9.94. The lowest BCUT2D eigenvalue weighted by atomic mass is 9.76. The first-order valence-corrected chi connectivity index (χ1v) is 10.9. The van der Waals surface area contributed by atoms with Crippen molar-refractivity contribution >= 4 is 25.3 Å². The molecular formula is C24H36BNO6. The second kappa shape index (κ2) is 10.1. The first kappa shape index (κ1) is 25.9. The Morgan fingerprint density at radius 2 is 1.69 bits per heavy atom. The van der Waals surface area contributed by atoms with Crippen molar-refractivity contribution < 1.29 is 28.4 Å². The lowest BCUT2D eigenvalue weighted by Gasteiger charge is -2.32. The number of methoxy groups -OCH3 is 1. The van der Waals surface area contributed by atoms with Crippen LogP contribution in [-0.2, 0) is 30.0 Å². The molecular weight excluding hydrogens is 409 g/mol. The molecule has 7 nitrogen and oxygen atoms in total. The summed E-state index contributed by atoms with van der Waals surface area (Å²) in [6.07, 6.45) is 2.25. The normalized spacial score (nSPS) is 17.8. The van der Waals surface area contributed by atoms with Crippen molar-refractivity contribution in [2.45, 2.75) is 78.1 Å². The molecule has 1 aromatic rings. The molecule has 1 fully saturated rings. The van der Waals surface area contributed by atoms with E-state index in [1.807, 2.05) is 78.8 Å². The summed E-state index contributed by atoms with van der Waals surface area (Å²) in [7, 11) is 0.746. The molecule has 32 heavy (non-hydrogen) atoms. The van der Waals surface area contributed by atoms with Crippen molar-refractivity contribution in [3.8, 4) is 0 Å². The van der Waals surface area contributed by atoms with E-state index >= 15 is 0 Å². The Kier molecular flexibility index (Phi) is 8.18. The number of nitrogens with one attached hydrogen (secondary N) is 1. The zero-order valence-corrected chi connectivity index (χ0v) is 20.5. The number of esters is 1. The first-order chi connectivity index (χ1) is 14.7. The van der Waals surface area contributed by atoms with Crippen LogP contribution in [0, 0.1) is 0 Å². The third-order valence-corrected chi connectivity index (χ3v) is 5.61. The maximum absolute atomic E-state index is 12.3. The van der Waals surface area contributed by atoms with Gasteiger partial charge in [-0.1, -0.05) is 30.3 Å². The van der Waals surface area contributed by atoms with E-state index in [0.29, 0.717) is 6.42 Å². The van der Waals surface area contributed by atoms with Crippen LogP contribution in [0.4, 0.5) is 4.79 Å². The number of amides is 1. The highest BCUT2D eigenvalue weighted by Crippen LogP contribution is 2.38. The number of hydrogen-bond acceptors (Lipinski definition) is 6. The molecule has 0 bridgehead atoms. The number of ether oxygens (including phenoxy) is 2. The molecule has 1 aliphatic heterocycles. The third kappa shape index (κ3) is 7.10. The van der Waals surface area contributed by atoms with Gasteiger partial charge in [0.25, 0.3) is 0 Å². The molecule has 1 amide bonds. The van der Waals surface area contributed by atoms with Crippen LogP contribution in [0.25, 0.3) is 6.08 Å². The molecule has 1 heterocycles. The number of hydrogen-bond donors (Lipinski definition) is 1. The van der Waals surface area contributed by atoms with E-state index < -0.39 is 30.0 Å². The van der Waals surface area contributed by atoms with E-state index in [-0.39, 0.29) is 18.9 Å². The summed E-state index contributed by atoms with van der Waals surface area (Å²) in [5.74, 6) is -0.262. The average Bonchev–Trinajstić information content (AvgIpc) is 2.89. The number of carbonyl (C=O) groups excluding carboxylic acids is 2. The summed E-state index contributed by atoms with van der Waals surface area (Å²) in [6.45, 7) is 13.6. The van der Waals surface area contributed by atoms with Gasteiger partial charge in [0, 0.05) is 13.0 Å². The molecule has 1 saturated heterocycles. The molecule has 1 N–H and O–H groups in total. The quantitative estimate of drug-likeness (QED) is 0.497. The van der Waals surface area contributed by atoms with E-state index in [1.54, 1.807) is 0 Å². The van der Waals surface area contributed by atoms with Crippen LogP contribution in [0.15, 0.2) is 29.7 Å². The summed E-state index contributed by atoms with van der Waals surface area (Å²) < 4.78 is 22.6. The molecule has 0 spiro atoms. The predicted molar refractivity (Wildman–Crippen MR) is 125 cm³/mol. The van der Waals surface area contributed by atoms with Gasteiger partial charge in [-0.3, -0.25) is 4.79 Å². The van der Waals surface area contributed by atoms with Gasteiger partial charge in [-0.2, -0.15) is 0 Å². The van der Waals surface area contributed by atoms with Crippen LogP contribution in [-0.4, -0.2) is 49.6 Å². The second-order valence-electron chi connectivity index (χ2n) is 9.94. The number of carbonyl (C=O) groups is 2. The number of alkyl carbamates (subject to hydrolysis) is 1. The molecule has 176 valence electrons. The van der Waals surface area contributed by atoms with Crippen molar-refractivity contribution in [2.75, 3.05) is 13.7 Å². The molecule has 1 aromatic carbocycles. The van der Waals surface area contributed by atoms with Crippen molar-refractivity contribution in [1.82, 2.24) is 5.32 Å². The fraction of sp³-hybridized carbons (Fsp3) is 0.583. The number of rotatable bonds is 7. The van der Waals surface area contributed by atoms with Gasteiger partial charge >= 0.3 is 19.2 Å². The average molecular weight is 445 g/mol. The molecule has 1 aliphatic rings. The van der Waals surface area contributed by atoms with Crippen LogP contribution >= 0.6 is 0 Å². The third-order valence-electron chi connectivity index (χ3n) is 5.61. The fourth-order valence-electron chi connectivity index (χ4n) is 3.13. The van der Waals surface area contributed by atoms with Gasteiger partial charge in [-0.25, -0.2) is 4.79 Å². The SMILES string of the molecule is COC(=O)CCc1ccccc1C=C(CNC(=O)OC(C)(C)C)B1OC(C)(C)C(C)(C)O1. The fourth-order valence-corrected chi connectivity index (χ4v) is 3.13. The highest BCUT2D eigenvalue weighted by molar-refractivity contribution is 6.56. The van der Waals surface area contributed by atoms with E-state index in [4.69, 9.17) is 18.8 Å². The van der Waals surface area contributed by atoms with Crippen molar-refractivity contribution in [3.63, 3.8) is 0 Å². The monoisotopic (exact) mass is 445 g/mol. The Hall–Kier alpha value is -2.32. The van der Waals surface area contributed by atoms with Gasteiger partial charge < -0.3 is 24.1 Å². The van der Waals surface area contributed by atoms with Gasteiger partial charge in [0.2, 0.25) is 0 Å². The molecule has 0 radical (unpaired) electrons. The molecule has 8 heteroatoms.